The van der Waals surface area contributed by atoms with Crippen molar-refractivity contribution in [2.45, 2.75) is 31.8 Å². The molecule has 1 aliphatic heterocycles. The molecule has 4 heteroatoms. The Morgan fingerprint density at radius 3 is 2.68 bits per heavy atom. The molecule has 0 radical (unpaired) electrons. The first-order chi connectivity index (χ1) is 12.3. The minimum Gasteiger partial charge on any atom is -0.492 e. The van der Waals surface area contributed by atoms with Gasteiger partial charge >= 0.3 is 0 Å². The number of amides is 1. The fraction of sp³-hybridized carbons (Fsp3) is 0.381. The van der Waals surface area contributed by atoms with Crippen molar-refractivity contribution in [2.75, 3.05) is 19.8 Å². The molecule has 0 aliphatic carbocycles. The highest BCUT2D eigenvalue weighted by Crippen LogP contribution is 2.19. The summed E-state index contributed by atoms with van der Waals surface area (Å²) in [6, 6.07) is 17.6. The van der Waals surface area contributed by atoms with Gasteiger partial charge in [-0.15, -0.1) is 0 Å². The fourth-order valence-corrected chi connectivity index (χ4v) is 2.97. The highest BCUT2D eigenvalue weighted by molar-refractivity contribution is 5.96. The van der Waals surface area contributed by atoms with Crippen LogP contribution in [0.5, 0.6) is 5.75 Å². The molecule has 0 bridgehead atoms. The molecule has 25 heavy (non-hydrogen) atoms. The van der Waals surface area contributed by atoms with Crippen LogP contribution < -0.4 is 10.1 Å². The first-order valence-electron chi connectivity index (χ1n) is 8.98. The zero-order valence-electron chi connectivity index (χ0n) is 14.4. The Morgan fingerprint density at radius 1 is 1.08 bits per heavy atom. The number of ether oxygens (including phenoxy) is 2. The maximum Gasteiger partial charge on any atom is 0.255 e. The first kappa shape index (κ1) is 17.5. The van der Waals surface area contributed by atoms with Gasteiger partial charge in [0.05, 0.1) is 18.3 Å². The van der Waals surface area contributed by atoms with Gasteiger partial charge in [-0.2, -0.15) is 0 Å². The lowest BCUT2D eigenvalue weighted by Crippen LogP contribution is -2.35. The molecule has 1 atom stereocenters. The van der Waals surface area contributed by atoms with Crippen molar-refractivity contribution in [3.8, 4) is 5.75 Å². The second-order valence-electron chi connectivity index (χ2n) is 6.28. The highest BCUT2D eigenvalue weighted by atomic mass is 16.5. The topological polar surface area (TPSA) is 47.6 Å². The van der Waals surface area contributed by atoms with Gasteiger partial charge in [-0.1, -0.05) is 42.5 Å². The van der Waals surface area contributed by atoms with Crippen LogP contribution in [-0.2, 0) is 11.2 Å². The van der Waals surface area contributed by atoms with E-state index in [1.165, 1.54) is 12.0 Å². The predicted octanol–water partition coefficient (Wildman–Crippen LogP) is 3.61. The summed E-state index contributed by atoms with van der Waals surface area (Å²) in [7, 11) is 0. The van der Waals surface area contributed by atoms with E-state index in [0.717, 1.165) is 25.9 Å². The molecule has 0 aromatic heterocycles. The number of rotatable bonds is 7. The normalized spacial score (nSPS) is 17.0. The third kappa shape index (κ3) is 5.33. The lowest BCUT2D eigenvalue weighted by Gasteiger charge is -2.23. The van der Waals surface area contributed by atoms with Gasteiger partial charge in [0.1, 0.15) is 5.75 Å². The molecule has 2 aromatic rings. The summed E-state index contributed by atoms with van der Waals surface area (Å²) >= 11 is 0. The fourth-order valence-electron chi connectivity index (χ4n) is 2.97. The van der Waals surface area contributed by atoms with Gasteiger partial charge in [0, 0.05) is 19.6 Å². The van der Waals surface area contributed by atoms with E-state index < -0.39 is 0 Å². The summed E-state index contributed by atoms with van der Waals surface area (Å²) in [6.07, 6.45) is 4.23. The molecule has 1 aliphatic rings. The van der Waals surface area contributed by atoms with Crippen LogP contribution in [-0.4, -0.2) is 31.8 Å². The molecule has 1 heterocycles. The molecule has 1 saturated heterocycles. The summed E-state index contributed by atoms with van der Waals surface area (Å²) in [5.74, 6) is 0.518. The number of benzene rings is 2. The van der Waals surface area contributed by atoms with Crippen molar-refractivity contribution in [1.29, 1.82) is 0 Å². The zero-order valence-corrected chi connectivity index (χ0v) is 14.4. The van der Waals surface area contributed by atoms with Gasteiger partial charge in [-0.05, 0) is 37.0 Å². The first-order valence-corrected chi connectivity index (χ1v) is 8.98. The van der Waals surface area contributed by atoms with Crippen LogP contribution in [0, 0.1) is 0 Å². The van der Waals surface area contributed by atoms with Crippen molar-refractivity contribution < 1.29 is 14.3 Å². The predicted molar refractivity (Wildman–Crippen MR) is 98.0 cm³/mol. The Hall–Kier alpha value is -2.33. The SMILES string of the molecule is O=C(NC[C@H]1CCCCO1)c1ccccc1OCCc1ccccc1. The molecule has 0 unspecified atom stereocenters. The maximum atomic E-state index is 12.5. The summed E-state index contributed by atoms with van der Waals surface area (Å²) in [6.45, 7) is 1.89. The van der Waals surface area contributed by atoms with Gasteiger partial charge in [-0.25, -0.2) is 0 Å². The van der Waals surface area contributed by atoms with Crippen LogP contribution in [0.1, 0.15) is 35.2 Å². The van der Waals surface area contributed by atoms with Gasteiger partial charge in [0.25, 0.3) is 5.91 Å². The van der Waals surface area contributed by atoms with Gasteiger partial charge in [0.15, 0.2) is 0 Å². The van der Waals surface area contributed by atoms with Crippen LogP contribution in [0.25, 0.3) is 0 Å². The summed E-state index contributed by atoms with van der Waals surface area (Å²) < 4.78 is 11.5. The van der Waals surface area contributed by atoms with E-state index in [1.807, 2.05) is 36.4 Å². The third-order valence-electron chi connectivity index (χ3n) is 4.39. The average molecular weight is 339 g/mol. The lowest BCUT2D eigenvalue weighted by atomic mass is 10.1. The van der Waals surface area contributed by atoms with E-state index >= 15 is 0 Å². The second kappa shape index (κ2) is 9.23. The minimum absolute atomic E-state index is 0.107. The third-order valence-corrected chi connectivity index (χ3v) is 4.39. The molecule has 2 aromatic carbocycles. The maximum absolute atomic E-state index is 12.5. The largest absolute Gasteiger partial charge is 0.492 e. The number of carbonyl (C=O) groups is 1. The van der Waals surface area contributed by atoms with E-state index in [-0.39, 0.29) is 12.0 Å². The lowest BCUT2D eigenvalue weighted by molar-refractivity contribution is 0.0168. The summed E-state index contributed by atoms with van der Waals surface area (Å²) in [5, 5.41) is 2.97. The molecule has 4 nitrogen and oxygen atoms in total. The Labute approximate surface area is 149 Å². The molecule has 1 N–H and O–H groups in total. The van der Waals surface area contributed by atoms with Gasteiger partial charge in [0.2, 0.25) is 0 Å². The van der Waals surface area contributed by atoms with Crippen molar-refractivity contribution >= 4 is 5.91 Å². The van der Waals surface area contributed by atoms with E-state index in [2.05, 4.69) is 17.4 Å². The number of hydrogen-bond donors (Lipinski definition) is 1. The smallest absolute Gasteiger partial charge is 0.255 e. The van der Waals surface area contributed by atoms with Crippen LogP contribution in [0.2, 0.25) is 0 Å². The van der Waals surface area contributed by atoms with E-state index in [9.17, 15) is 4.79 Å². The Bertz CT molecular complexity index is 666. The second-order valence-corrected chi connectivity index (χ2v) is 6.28. The van der Waals surface area contributed by atoms with Crippen LogP contribution >= 0.6 is 0 Å². The Balaban J connectivity index is 1.53. The highest BCUT2D eigenvalue weighted by Gasteiger charge is 2.17. The van der Waals surface area contributed by atoms with Crippen LogP contribution in [0.3, 0.4) is 0 Å². The van der Waals surface area contributed by atoms with Crippen molar-refractivity contribution in [3.05, 3.63) is 65.7 Å². The minimum atomic E-state index is -0.107. The number of nitrogens with one attached hydrogen (secondary N) is 1. The number of carbonyl (C=O) groups excluding carboxylic acids is 1. The molecular weight excluding hydrogens is 314 g/mol. The van der Waals surface area contributed by atoms with E-state index in [0.29, 0.717) is 24.5 Å². The molecule has 3 rings (SSSR count). The van der Waals surface area contributed by atoms with Crippen molar-refractivity contribution in [2.24, 2.45) is 0 Å². The number of hydrogen-bond acceptors (Lipinski definition) is 3. The molecule has 1 amide bonds. The average Bonchev–Trinajstić information content (AvgIpc) is 2.68. The molecule has 1 fully saturated rings. The van der Waals surface area contributed by atoms with Gasteiger partial charge < -0.3 is 14.8 Å². The standard InChI is InChI=1S/C21H25NO3/c23-21(22-16-18-10-6-7-14-24-18)19-11-4-5-12-20(19)25-15-13-17-8-2-1-3-9-17/h1-5,8-9,11-12,18H,6-7,10,13-16H2,(H,22,23)/t18-/m1/s1. The van der Waals surface area contributed by atoms with E-state index in [4.69, 9.17) is 9.47 Å². The van der Waals surface area contributed by atoms with Crippen molar-refractivity contribution in [3.63, 3.8) is 0 Å². The molecule has 0 saturated carbocycles. The molecule has 0 spiro atoms. The molecular formula is C21H25NO3. The summed E-state index contributed by atoms with van der Waals surface area (Å²) in [4.78, 5) is 12.5. The monoisotopic (exact) mass is 339 g/mol. The van der Waals surface area contributed by atoms with Crippen LogP contribution in [0.4, 0.5) is 0 Å². The van der Waals surface area contributed by atoms with E-state index in [1.54, 1.807) is 6.07 Å². The summed E-state index contributed by atoms with van der Waals surface area (Å²) in [5.41, 5.74) is 1.80. The quantitative estimate of drug-likeness (QED) is 0.838. The van der Waals surface area contributed by atoms with Crippen molar-refractivity contribution in [1.82, 2.24) is 5.32 Å². The van der Waals surface area contributed by atoms with Crippen LogP contribution in [0.15, 0.2) is 54.6 Å². The molecule has 132 valence electrons. The number of para-hydroxylation sites is 1. The zero-order chi connectivity index (χ0) is 17.3. The Kier molecular flexibility index (Phi) is 6.46. The van der Waals surface area contributed by atoms with Gasteiger partial charge in [-0.3, -0.25) is 4.79 Å². The Morgan fingerprint density at radius 2 is 1.88 bits per heavy atom.